The maximum absolute atomic E-state index is 12.1. The summed E-state index contributed by atoms with van der Waals surface area (Å²) in [6.45, 7) is 2.11. The molecule has 0 radical (unpaired) electrons. The molecule has 21 heavy (non-hydrogen) atoms. The van der Waals surface area contributed by atoms with E-state index in [1.807, 2.05) is 0 Å². The predicted molar refractivity (Wildman–Crippen MR) is 80.5 cm³/mol. The minimum Gasteiger partial charge on any atom is -0.465 e. The highest BCUT2D eigenvalue weighted by Gasteiger charge is 2.13. The number of thiazole rings is 1. The highest BCUT2D eigenvalue weighted by molar-refractivity contribution is 7.09. The van der Waals surface area contributed by atoms with E-state index in [9.17, 15) is 9.59 Å². The summed E-state index contributed by atoms with van der Waals surface area (Å²) in [6, 6.07) is 4.92. The van der Waals surface area contributed by atoms with Crippen LogP contribution in [0.15, 0.2) is 23.6 Å². The summed E-state index contributed by atoms with van der Waals surface area (Å²) in [4.78, 5) is 27.6. The summed E-state index contributed by atoms with van der Waals surface area (Å²) >= 11 is 1.34. The molecule has 0 fully saturated rings. The van der Waals surface area contributed by atoms with Gasteiger partial charge in [0.1, 0.15) is 10.7 Å². The van der Waals surface area contributed by atoms with Gasteiger partial charge in [0.05, 0.1) is 12.7 Å². The molecule has 0 aliphatic rings. The Hall–Kier alpha value is -2.25. The first-order valence-corrected chi connectivity index (χ1v) is 7.08. The average Bonchev–Trinajstić information content (AvgIpc) is 2.97. The number of aryl methyl sites for hydroxylation is 1. The second-order valence-corrected chi connectivity index (χ2v) is 5.25. The van der Waals surface area contributed by atoms with Crippen LogP contribution in [0.5, 0.6) is 0 Å². The molecule has 0 spiro atoms. The lowest BCUT2D eigenvalue weighted by atomic mass is 10.1. The Kier molecular flexibility index (Phi) is 4.66. The molecule has 0 saturated heterocycles. The van der Waals surface area contributed by atoms with Crippen LogP contribution in [-0.4, -0.2) is 24.0 Å². The van der Waals surface area contributed by atoms with Gasteiger partial charge in [-0.05, 0) is 30.7 Å². The summed E-state index contributed by atoms with van der Waals surface area (Å²) < 4.78 is 4.65. The number of carbonyl (C=O) groups is 2. The van der Waals surface area contributed by atoms with Crippen molar-refractivity contribution in [1.29, 1.82) is 0 Å². The second kappa shape index (κ2) is 6.47. The van der Waals surface area contributed by atoms with E-state index in [1.165, 1.54) is 18.4 Å². The molecule has 3 N–H and O–H groups in total. The Balaban J connectivity index is 2.16. The van der Waals surface area contributed by atoms with Gasteiger partial charge in [-0.2, -0.15) is 0 Å². The fourth-order valence-electron chi connectivity index (χ4n) is 1.74. The van der Waals surface area contributed by atoms with Gasteiger partial charge in [-0.15, -0.1) is 11.3 Å². The lowest BCUT2D eigenvalue weighted by Crippen LogP contribution is -2.14. The smallest absolute Gasteiger partial charge is 0.337 e. The number of nitrogens with one attached hydrogen (secondary N) is 1. The Bertz CT molecular complexity index is 682. The van der Waals surface area contributed by atoms with Gasteiger partial charge in [0, 0.05) is 17.6 Å². The van der Waals surface area contributed by atoms with Crippen molar-refractivity contribution in [1.82, 2.24) is 4.98 Å². The first-order valence-electron chi connectivity index (χ1n) is 6.20. The summed E-state index contributed by atoms with van der Waals surface area (Å²) in [5, 5.41) is 5.13. The van der Waals surface area contributed by atoms with E-state index in [2.05, 4.69) is 15.0 Å². The summed E-state index contributed by atoms with van der Waals surface area (Å²) in [5.74, 6) is -0.720. The maximum atomic E-state index is 12.1. The first-order chi connectivity index (χ1) is 10.0. The molecule has 110 valence electrons. The van der Waals surface area contributed by atoms with Crippen molar-refractivity contribution in [2.75, 3.05) is 12.4 Å². The van der Waals surface area contributed by atoms with Crippen LogP contribution in [0, 0.1) is 6.92 Å². The average molecular weight is 305 g/mol. The van der Waals surface area contributed by atoms with Crippen molar-refractivity contribution in [3.05, 3.63) is 45.4 Å². The van der Waals surface area contributed by atoms with Gasteiger partial charge in [-0.25, -0.2) is 9.78 Å². The normalized spacial score (nSPS) is 10.2. The molecule has 0 aliphatic carbocycles. The Morgan fingerprint density at radius 1 is 1.43 bits per heavy atom. The van der Waals surface area contributed by atoms with Gasteiger partial charge >= 0.3 is 5.97 Å². The molecule has 1 heterocycles. The third-order valence-electron chi connectivity index (χ3n) is 2.85. The lowest BCUT2D eigenvalue weighted by molar-refractivity contribution is 0.0600. The number of esters is 1. The minimum atomic E-state index is -0.414. The number of anilines is 1. The van der Waals surface area contributed by atoms with E-state index >= 15 is 0 Å². The molecule has 2 rings (SSSR count). The number of hydrogen-bond donors (Lipinski definition) is 2. The molecule has 2 aromatic rings. The van der Waals surface area contributed by atoms with Crippen molar-refractivity contribution in [2.45, 2.75) is 13.5 Å². The van der Waals surface area contributed by atoms with Crippen molar-refractivity contribution in [3.63, 3.8) is 0 Å². The number of methoxy groups -OCH3 is 1. The van der Waals surface area contributed by atoms with Crippen molar-refractivity contribution >= 4 is 28.9 Å². The molecule has 0 unspecified atom stereocenters. The van der Waals surface area contributed by atoms with Crippen LogP contribution < -0.4 is 11.1 Å². The van der Waals surface area contributed by atoms with Crippen LogP contribution >= 0.6 is 11.3 Å². The zero-order valence-electron chi connectivity index (χ0n) is 11.7. The van der Waals surface area contributed by atoms with E-state index in [4.69, 9.17) is 5.73 Å². The second-order valence-electron chi connectivity index (χ2n) is 4.31. The topological polar surface area (TPSA) is 94.3 Å². The van der Waals surface area contributed by atoms with E-state index in [0.717, 1.165) is 5.56 Å². The summed E-state index contributed by atoms with van der Waals surface area (Å²) in [6.07, 6.45) is 0. The van der Waals surface area contributed by atoms with Crippen LogP contribution in [-0.2, 0) is 11.3 Å². The van der Waals surface area contributed by atoms with Gasteiger partial charge in [0.15, 0.2) is 0 Å². The van der Waals surface area contributed by atoms with Crippen LogP contribution in [0.2, 0.25) is 0 Å². The molecular weight excluding hydrogens is 290 g/mol. The molecule has 0 saturated carbocycles. The van der Waals surface area contributed by atoms with Crippen LogP contribution in [0.25, 0.3) is 0 Å². The number of nitrogens with zero attached hydrogens (tertiary/aromatic N) is 1. The van der Waals surface area contributed by atoms with Gasteiger partial charge in [-0.3, -0.25) is 4.79 Å². The predicted octanol–water partition coefficient (Wildman–Crippen LogP) is 1.95. The molecule has 1 amide bonds. The monoisotopic (exact) mass is 305 g/mol. The number of benzene rings is 1. The molecule has 1 aromatic heterocycles. The van der Waals surface area contributed by atoms with Gasteiger partial charge < -0.3 is 15.8 Å². The minimum absolute atomic E-state index is 0.306. The maximum Gasteiger partial charge on any atom is 0.337 e. The number of rotatable bonds is 4. The summed E-state index contributed by atoms with van der Waals surface area (Å²) in [7, 11) is 1.32. The third kappa shape index (κ3) is 3.45. The van der Waals surface area contributed by atoms with Crippen LogP contribution in [0.3, 0.4) is 0 Å². The number of ether oxygens (including phenoxy) is 1. The highest BCUT2D eigenvalue weighted by atomic mass is 32.1. The van der Waals surface area contributed by atoms with Crippen molar-refractivity contribution < 1.29 is 14.3 Å². The molecule has 6 nitrogen and oxygen atoms in total. The van der Waals surface area contributed by atoms with Crippen LogP contribution in [0.1, 0.15) is 31.4 Å². The fourth-order valence-corrected chi connectivity index (χ4v) is 2.40. The standard InChI is InChI=1S/C14H15N3O3S/c1-8-5-9(14(19)20-2)3-4-10(8)17-13(18)11-7-21-12(6-15)16-11/h3-5,7H,6,15H2,1-2H3,(H,17,18). The van der Waals surface area contributed by atoms with Gasteiger partial charge in [0.25, 0.3) is 5.91 Å². The molecule has 7 heteroatoms. The van der Waals surface area contributed by atoms with Gasteiger partial charge in [-0.1, -0.05) is 0 Å². The van der Waals surface area contributed by atoms with Crippen molar-refractivity contribution in [3.8, 4) is 0 Å². The number of aromatic nitrogens is 1. The fraction of sp³-hybridized carbons (Fsp3) is 0.214. The molecule has 0 atom stereocenters. The zero-order valence-corrected chi connectivity index (χ0v) is 12.5. The molecule has 0 aliphatic heterocycles. The number of amides is 1. The largest absolute Gasteiger partial charge is 0.465 e. The van der Waals surface area contributed by atoms with Crippen LogP contribution in [0.4, 0.5) is 5.69 Å². The van der Waals surface area contributed by atoms with Gasteiger partial charge in [0.2, 0.25) is 0 Å². The first kappa shape index (κ1) is 15.1. The summed E-state index contributed by atoms with van der Waals surface area (Å²) in [5.41, 5.74) is 7.62. The highest BCUT2D eigenvalue weighted by Crippen LogP contribution is 2.18. The number of carbonyl (C=O) groups excluding carboxylic acids is 2. The van der Waals surface area contributed by atoms with E-state index < -0.39 is 5.97 Å². The van der Waals surface area contributed by atoms with E-state index in [0.29, 0.717) is 28.5 Å². The van der Waals surface area contributed by atoms with E-state index in [-0.39, 0.29) is 5.91 Å². The molecular formula is C14H15N3O3S. The third-order valence-corrected chi connectivity index (χ3v) is 3.73. The SMILES string of the molecule is COC(=O)c1ccc(NC(=O)c2csc(CN)n2)c(C)c1. The Labute approximate surface area is 125 Å². The lowest BCUT2D eigenvalue weighted by Gasteiger charge is -2.08. The van der Waals surface area contributed by atoms with E-state index in [1.54, 1.807) is 30.5 Å². The Morgan fingerprint density at radius 3 is 2.76 bits per heavy atom. The van der Waals surface area contributed by atoms with Crippen molar-refractivity contribution in [2.24, 2.45) is 5.73 Å². The number of nitrogens with two attached hydrogens (primary N) is 1. The quantitative estimate of drug-likeness (QED) is 0.842. The Morgan fingerprint density at radius 2 is 2.19 bits per heavy atom. The zero-order chi connectivity index (χ0) is 15.4. The molecule has 1 aromatic carbocycles. The molecule has 0 bridgehead atoms. The number of hydrogen-bond acceptors (Lipinski definition) is 6.